The summed E-state index contributed by atoms with van der Waals surface area (Å²) in [4.78, 5) is 0. The topological polar surface area (TPSA) is 9.23 Å². The van der Waals surface area contributed by atoms with Crippen LogP contribution in [0.3, 0.4) is 0 Å². The molecule has 0 aromatic heterocycles. The van der Waals surface area contributed by atoms with E-state index in [1.165, 1.54) is 140 Å². The highest BCUT2D eigenvalue weighted by Crippen LogP contribution is 2.17. The second kappa shape index (κ2) is 22.2. The first-order valence-corrected chi connectivity index (χ1v) is 14.1. The SMILES string of the molecule is CCCCCCCCCCCCCCCCCCCCCCc1cccc(OCC)c1. The van der Waals surface area contributed by atoms with Crippen molar-refractivity contribution in [2.75, 3.05) is 6.61 Å². The quantitative estimate of drug-likeness (QED) is 0.157. The van der Waals surface area contributed by atoms with Crippen LogP contribution in [-0.2, 0) is 6.42 Å². The Morgan fingerprint density at radius 1 is 0.516 bits per heavy atom. The zero-order valence-corrected chi connectivity index (χ0v) is 21.3. The first-order chi connectivity index (χ1) is 15.4. The molecule has 0 atom stereocenters. The summed E-state index contributed by atoms with van der Waals surface area (Å²) in [6.07, 6.45) is 30.1. The second-order valence-electron chi connectivity index (χ2n) is 9.55. The molecular formula is C30H54O. The van der Waals surface area contributed by atoms with E-state index in [1.54, 1.807) is 0 Å². The molecule has 0 radical (unpaired) electrons. The Labute approximate surface area is 195 Å². The maximum absolute atomic E-state index is 5.59. The maximum atomic E-state index is 5.59. The Hall–Kier alpha value is -0.980. The van der Waals surface area contributed by atoms with Gasteiger partial charge in [-0.25, -0.2) is 0 Å². The zero-order valence-electron chi connectivity index (χ0n) is 21.3. The van der Waals surface area contributed by atoms with Crippen molar-refractivity contribution < 1.29 is 4.74 Å². The molecule has 31 heavy (non-hydrogen) atoms. The monoisotopic (exact) mass is 430 g/mol. The van der Waals surface area contributed by atoms with Gasteiger partial charge in [0.05, 0.1) is 6.61 Å². The first kappa shape index (κ1) is 28.1. The fraction of sp³-hybridized carbons (Fsp3) is 0.800. The van der Waals surface area contributed by atoms with Crippen molar-refractivity contribution >= 4 is 0 Å². The Bertz CT molecular complexity index is 481. The molecule has 0 saturated heterocycles. The van der Waals surface area contributed by atoms with Gasteiger partial charge in [0.15, 0.2) is 0 Å². The fourth-order valence-corrected chi connectivity index (χ4v) is 4.54. The van der Waals surface area contributed by atoms with Crippen molar-refractivity contribution in [1.29, 1.82) is 0 Å². The van der Waals surface area contributed by atoms with E-state index in [2.05, 4.69) is 31.2 Å². The average Bonchev–Trinajstić information content (AvgIpc) is 2.78. The smallest absolute Gasteiger partial charge is 0.119 e. The summed E-state index contributed by atoms with van der Waals surface area (Å²) in [6, 6.07) is 8.62. The van der Waals surface area contributed by atoms with Gasteiger partial charge in [-0.2, -0.15) is 0 Å². The summed E-state index contributed by atoms with van der Waals surface area (Å²) in [6.45, 7) is 5.10. The van der Waals surface area contributed by atoms with Crippen molar-refractivity contribution in [3.05, 3.63) is 29.8 Å². The molecule has 180 valence electrons. The van der Waals surface area contributed by atoms with Crippen molar-refractivity contribution in [2.24, 2.45) is 0 Å². The summed E-state index contributed by atoms with van der Waals surface area (Å²) in [5.41, 5.74) is 1.42. The van der Waals surface area contributed by atoms with Gasteiger partial charge in [0, 0.05) is 0 Å². The molecule has 0 heterocycles. The molecule has 0 unspecified atom stereocenters. The third kappa shape index (κ3) is 18.3. The minimum Gasteiger partial charge on any atom is -0.494 e. The highest BCUT2D eigenvalue weighted by Gasteiger charge is 1.98. The van der Waals surface area contributed by atoms with Crippen molar-refractivity contribution in [2.45, 2.75) is 149 Å². The van der Waals surface area contributed by atoms with E-state index < -0.39 is 0 Å². The van der Waals surface area contributed by atoms with E-state index in [9.17, 15) is 0 Å². The number of benzene rings is 1. The van der Waals surface area contributed by atoms with Gasteiger partial charge in [-0.1, -0.05) is 141 Å². The van der Waals surface area contributed by atoms with E-state index in [-0.39, 0.29) is 0 Å². The van der Waals surface area contributed by atoms with E-state index >= 15 is 0 Å². The largest absolute Gasteiger partial charge is 0.494 e. The molecule has 0 amide bonds. The van der Waals surface area contributed by atoms with Crippen LogP contribution in [0.1, 0.15) is 148 Å². The Balaban J connectivity index is 1.75. The lowest BCUT2D eigenvalue weighted by Gasteiger charge is -2.06. The van der Waals surface area contributed by atoms with Crippen LogP contribution in [0.2, 0.25) is 0 Å². The van der Waals surface area contributed by atoms with Gasteiger partial charge in [0.1, 0.15) is 5.75 Å². The standard InChI is InChI=1S/C30H54O/c1-3-5-6-7-8-9-10-11-12-13-14-15-16-17-18-19-20-21-22-23-25-29-26-24-27-30(28-29)31-4-2/h24,26-28H,3-23,25H2,1-2H3. The molecule has 0 fully saturated rings. The summed E-state index contributed by atoms with van der Waals surface area (Å²) in [5.74, 6) is 1.02. The van der Waals surface area contributed by atoms with Gasteiger partial charge < -0.3 is 4.74 Å². The molecule has 0 saturated carbocycles. The minimum atomic E-state index is 0.753. The molecule has 0 aliphatic rings. The number of aryl methyl sites for hydroxylation is 1. The predicted molar refractivity (Wildman–Crippen MR) is 139 cm³/mol. The molecule has 0 aliphatic heterocycles. The van der Waals surface area contributed by atoms with Crippen LogP contribution < -0.4 is 4.74 Å². The molecule has 1 aromatic carbocycles. The van der Waals surface area contributed by atoms with Crippen LogP contribution in [0.15, 0.2) is 24.3 Å². The van der Waals surface area contributed by atoms with Crippen LogP contribution in [-0.4, -0.2) is 6.61 Å². The number of unbranched alkanes of at least 4 members (excludes halogenated alkanes) is 19. The lowest BCUT2D eigenvalue weighted by atomic mass is 10.0. The summed E-state index contributed by atoms with van der Waals surface area (Å²) in [7, 11) is 0. The number of hydrogen-bond donors (Lipinski definition) is 0. The van der Waals surface area contributed by atoms with E-state index in [1.807, 2.05) is 6.92 Å². The maximum Gasteiger partial charge on any atom is 0.119 e. The van der Waals surface area contributed by atoms with Crippen molar-refractivity contribution in [3.8, 4) is 5.75 Å². The molecule has 0 bridgehead atoms. The first-order valence-electron chi connectivity index (χ1n) is 14.1. The summed E-state index contributed by atoms with van der Waals surface area (Å²) >= 11 is 0. The van der Waals surface area contributed by atoms with Crippen LogP contribution in [0, 0.1) is 0 Å². The predicted octanol–water partition coefficient (Wildman–Crippen LogP) is 10.4. The lowest BCUT2D eigenvalue weighted by molar-refractivity contribution is 0.340. The molecular weight excluding hydrogens is 376 g/mol. The van der Waals surface area contributed by atoms with Gasteiger partial charge in [-0.05, 0) is 37.5 Å². The average molecular weight is 431 g/mol. The molecule has 1 aromatic rings. The highest BCUT2D eigenvalue weighted by molar-refractivity contribution is 5.28. The number of hydrogen-bond acceptors (Lipinski definition) is 1. The third-order valence-corrected chi connectivity index (χ3v) is 6.53. The van der Waals surface area contributed by atoms with Gasteiger partial charge in [0.2, 0.25) is 0 Å². The van der Waals surface area contributed by atoms with Gasteiger partial charge in [0.25, 0.3) is 0 Å². The van der Waals surface area contributed by atoms with Gasteiger partial charge in [-0.3, -0.25) is 0 Å². The second-order valence-corrected chi connectivity index (χ2v) is 9.55. The number of ether oxygens (including phenoxy) is 1. The molecule has 1 nitrogen and oxygen atoms in total. The van der Waals surface area contributed by atoms with Crippen LogP contribution >= 0.6 is 0 Å². The molecule has 1 heteroatoms. The molecule has 0 spiro atoms. The highest BCUT2D eigenvalue weighted by atomic mass is 16.5. The summed E-state index contributed by atoms with van der Waals surface area (Å²) < 4.78 is 5.59. The zero-order chi connectivity index (χ0) is 22.2. The lowest BCUT2D eigenvalue weighted by Crippen LogP contribution is -1.93. The minimum absolute atomic E-state index is 0.753. The van der Waals surface area contributed by atoms with Gasteiger partial charge >= 0.3 is 0 Å². The van der Waals surface area contributed by atoms with Crippen LogP contribution in [0.4, 0.5) is 0 Å². The van der Waals surface area contributed by atoms with Crippen LogP contribution in [0.5, 0.6) is 5.75 Å². The Kier molecular flexibility index (Phi) is 20.1. The summed E-state index contributed by atoms with van der Waals surface area (Å²) in [5, 5.41) is 0. The van der Waals surface area contributed by atoms with Crippen LogP contribution in [0.25, 0.3) is 0 Å². The van der Waals surface area contributed by atoms with E-state index in [0.29, 0.717) is 0 Å². The van der Waals surface area contributed by atoms with E-state index in [4.69, 9.17) is 4.74 Å². The Morgan fingerprint density at radius 2 is 0.935 bits per heavy atom. The number of rotatable bonds is 23. The molecule has 1 rings (SSSR count). The molecule has 0 N–H and O–H groups in total. The van der Waals surface area contributed by atoms with Crippen molar-refractivity contribution in [1.82, 2.24) is 0 Å². The normalized spacial score (nSPS) is 11.2. The third-order valence-electron chi connectivity index (χ3n) is 6.53. The van der Waals surface area contributed by atoms with Crippen molar-refractivity contribution in [3.63, 3.8) is 0 Å². The Morgan fingerprint density at radius 3 is 1.35 bits per heavy atom. The van der Waals surface area contributed by atoms with Gasteiger partial charge in [-0.15, -0.1) is 0 Å². The fourth-order valence-electron chi connectivity index (χ4n) is 4.54. The molecule has 0 aliphatic carbocycles. The van der Waals surface area contributed by atoms with E-state index in [0.717, 1.165) is 12.4 Å².